The molecule has 2 aromatic rings. The molecule has 0 saturated carbocycles. The van der Waals surface area contributed by atoms with Gasteiger partial charge in [0.15, 0.2) is 11.2 Å². The Morgan fingerprint density at radius 2 is 2.05 bits per heavy atom. The summed E-state index contributed by atoms with van der Waals surface area (Å²) in [6.07, 6.45) is -0.873. The number of nitrogens with zero attached hydrogens (tertiary/aromatic N) is 1. The zero-order valence-corrected chi connectivity index (χ0v) is 11.4. The number of carboxylic acid groups (broad SMARTS) is 1. The molecule has 1 unspecified atom stereocenters. The van der Waals surface area contributed by atoms with E-state index in [2.05, 4.69) is 4.98 Å². The van der Waals surface area contributed by atoms with Crippen molar-refractivity contribution in [3.05, 3.63) is 29.1 Å². The van der Waals surface area contributed by atoms with Gasteiger partial charge in [-0.15, -0.1) is 11.3 Å². The van der Waals surface area contributed by atoms with Gasteiger partial charge in [0.2, 0.25) is 0 Å². The number of aromatic nitrogens is 1. The molecule has 0 aliphatic heterocycles. The first-order chi connectivity index (χ1) is 8.97. The first-order valence-electron chi connectivity index (χ1n) is 5.70. The summed E-state index contributed by atoms with van der Waals surface area (Å²) in [5.74, 6) is -0.480. The minimum atomic E-state index is -0.993. The predicted molar refractivity (Wildman–Crippen MR) is 74.4 cm³/mol. The lowest BCUT2D eigenvalue weighted by atomic mass is 10.1. The first-order valence-corrected chi connectivity index (χ1v) is 6.52. The Balaban J connectivity index is 2.19. The van der Waals surface area contributed by atoms with Crippen LogP contribution in [0, 0.1) is 6.92 Å². The van der Waals surface area contributed by atoms with E-state index in [1.807, 2.05) is 19.1 Å². The summed E-state index contributed by atoms with van der Waals surface area (Å²) in [6.45, 7) is 3.45. The molecule has 1 aromatic heterocycles. The highest BCUT2D eigenvalue weighted by Crippen LogP contribution is 2.29. The number of hydrogen-bond donors (Lipinski definition) is 2. The average molecular weight is 278 g/mol. The molecule has 0 fully saturated rings. The first kappa shape index (κ1) is 13.4. The van der Waals surface area contributed by atoms with Crippen LogP contribution in [0.15, 0.2) is 24.3 Å². The van der Waals surface area contributed by atoms with E-state index in [9.17, 15) is 4.79 Å². The highest BCUT2D eigenvalue weighted by atomic mass is 32.1. The van der Waals surface area contributed by atoms with Gasteiger partial charge in [-0.1, -0.05) is 0 Å². The molecule has 5 nitrogen and oxygen atoms in total. The van der Waals surface area contributed by atoms with Crippen molar-refractivity contribution in [3.8, 4) is 17.0 Å². The van der Waals surface area contributed by atoms with Crippen molar-refractivity contribution in [3.63, 3.8) is 0 Å². The smallest absolute Gasteiger partial charge is 0.344 e. The second-order valence-corrected chi connectivity index (χ2v) is 5.31. The molecular formula is C13H14N2O3S. The van der Waals surface area contributed by atoms with Gasteiger partial charge in [-0.3, -0.25) is 0 Å². The van der Waals surface area contributed by atoms with Gasteiger partial charge in [-0.05, 0) is 38.1 Å². The monoisotopic (exact) mass is 278 g/mol. The van der Waals surface area contributed by atoms with E-state index in [1.165, 1.54) is 18.3 Å². The molecule has 1 aromatic carbocycles. The number of anilines is 1. The Labute approximate surface area is 114 Å². The molecule has 6 heteroatoms. The Morgan fingerprint density at radius 1 is 1.42 bits per heavy atom. The second-order valence-electron chi connectivity index (χ2n) is 4.08. The summed E-state index contributed by atoms with van der Waals surface area (Å²) in [5, 5.41) is 9.30. The molecule has 0 aliphatic carbocycles. The van der Waals surface area contributed by atoms with Crippen LogP contribution in [0.25, 0.3) is 11.3 Å². The number of nitrogen functional groups attached to an aromatic ring is 1. The molecule has 0 amide bonds. The molecule has 1 heterocycles. The van der Waals surface area contributed by atoms with E-state index < -0.39 is 12.1 Å². The Kier molecular flexibility index (Phi) is 3.71. The SMILES string of the molecule is Cc1sc(N)nc1-c1ccc(OC(C)C(=O)O)cc1. The molecule has 2 rings (SSSR count). The number of carboxylic acids is 1. The number of carbonyl (C=O) groups is 1. The lowest BCUT2D eigenvalue weighted by molar-refractivity contribution is -0.144. The van der Waals surface area contributed by atoms with Crippen molar-refractivity contribution in [1.29, 1.82) is 0 Å². The van der Waals surface area contributed by atoms with Crippen LogP contribution < -0.4 is 10.5 Å². The van der Waals surface area contributed by atoms with Crippen molar-refractivity contribution >= 4 is 22.4 Å². The van der Waals surface area contributed by atoms with E-state index in [0.29, 0.717) is 10.9 Å². The van der Waals surface area contributed by atoms with Crippen LogP contribution in [0.3, 0.4) is 0 Å². The molecule has 3 N–H and O–H groups in total. The minimum absolute atomic E-state index is 0.513. The quantitative estimate of drug-likeness (QED) is 0.897. The topological polar surface area (TPSA) is 85.4 Å². The van der Waals surface area contributed by atoms with Crippen LogP contribution in [0.4, 0.5) is 5.13 Å². The molecule has 0 radical (unpaired) electrons. The standard InChI is InChI=1S/C13H14N2O3S/c1-7(12(16)17)18-10-5-3-9(4-6-10)11-8(2)19-13(14)15-11/h3-7H,1-2H3,(H2,14,15)(H,16,17). The highest BCUT2D eigenvalue weighted by Gasteiger charge is 2.13. The maximum absolute atomic E-state index is 10.7. The molecule has 0 aliphatic rings. The average Bonchev–Trinajstić information content (AvgIpc) is 2.69. The third-order valence-corrected chi connectivity index (χ3v) is 3.40. The van der Waals surface area contributed by atoms with Crippen molar-refractivity contribution in [2.45, 2.75) is 20.0 Å². The van der Waals surface area contributed by atoms with Gasteiger partial charge in [-0.2, -0.15) is 0 Å². The second kappa shape index (κ2) is 5.27. The molecule has 0 saturated heterocycles. The lowest BCUT2D eigenvalue weighted by Crippen LogP contribution is -2.22. The third-order valence-electron chi connectivity index (χ3n) is 2.60. The van der Waals surface area contributed by atoms with Gasteiger partial charge in [0.1, 0.15) is 5.75 Å². The Hall–Kier alpha value is -2.08. The Morgan fingerprint density at radius 3 is 2.53 bits per heavy atom. The maximum atomic E-state index is 10.7. The highest BCUT2D eigenvalue weighted by molar-refractivity contribution is 7.15. The summed E-state index contributed by atoms with van der Waals surface area (Å²) in [6, 6.07) is 7.13. The molecule has 0 spiro atoms. The summed E-state index contributed by atoms with van der Waals surface area (Å²) in [4.78, 5) is 16.0. The van der Waals surface area contributed by atoms with Crippen LogP contribution in [0.2, 0.25) is 0 Å². The summed E-state index contributed by atoms with van der Waals surface area (Å²) >= 11 is 1.44. The van der Waals surface area contributed by atoms with E-state index >= 15 is 0 Å². The van der Waals surface area contributed by atoms with Crippen LogP contribution >= 0.6 is 11.3 Å². The van der Waals surface area contributed by atoms with Gasteiger partial charge in [-0.25, -0.2) is 9.78 Å². The molecule has 100 valence electrons. The maximum Gasteiger partial charge on any atom is 0.344 e. The lowest BCUT2D eigenvalue weighted by Gasteiger charge is -2.10. The van der Waals surface area contributed by atoms with E-state index in [1.54, 1.807) is 12.1 Å². The zero-order chi connectivity index (χ0) is 14.0. The van der Waals surface area contributed by atoms with Crippen LogP contribution in [-0.2, 0) is 4.79 Å². The van der Waals surface area contributed by atoms with E-state index in [0.717, 1.165) is 16.1 Å². The van der Waals surface area contributed by atoms with Gasteiger partial charge < -0.3 is 15.6 Å². The van der Waals surface area contributed by atoms with Crippen LogP contribution in [0.5, 0.6) is 5.75 Å². The predicted octanol–water partition coefficient (Wildman–Crippen LogP) is 2.55. The van der Waals surface area contributed by atoms with E-state index in [-0.39, 0.29) is 0 Å². The largest absolute Gasteiger partial charge is 0.479 e. The van der Waals surface area contributed by atoms with Crippen LogP contribution in [-0.4, -0.2) is 22.2 Å². The van der Waals surface area contributed by atoms with Gasteiger partial charge in [0, 0.05) is 10.4 Å². The number of benzene rings is 1. The fourth-order valence-electron chi connectivity index (χ4n) is 1.63. The fourth-order valence-corrected chi connectivity index (χ4v) is 2.34. The number of thiazole rings is 1. The normalized spacial score (nSPS) is 12.1. The van der Waals surface area contributed by atoms with Crippen molar-refractivity contribution in [2.75, 3.05) is 5.73 Å². The fraction of sp³-hybridized carbons (Fsp3) is 0.231. The number of ether oxygens (including phenoxy) is 1. The van der Waals surface area contributed by atoms with Gasteiger partial charge in [0.05, 0.1) is 5.69 Å². The minimum Gasteiger partial charge on any atom is -0.479 e. The summed E-state index contributed by atoms with van der Waals surface area (Å²) < 4.78 is 5.26. The summed E-state index contributed by atoms with van der Waals surface area (Å²) in [5.41, 5.74) is 7.44. The Bertz CT molecular complexity index is 592. The van der Waals surface area contributed by atoms with Crippen LogP contribution in [0.1, 0.15) is 11.8 Å². The summed E-state index contributed by atoms with van der Waals surface area (Å²) in [7, 11) is 0. The van der Waals surface area contributed by atoms with Gasteiger partial charge >= 0.3 is 5.97 Å². The van der Waals surface area contributed by atoms with Crippen molar-refractivity contribution in [1.82, 2.24) is 4.98 Å². The number of aryl methyl sites for hydroxylation is 1. The number of nitrogens with two attached hydrogens (primary N) is 1. The third kappa shape index (κ3) is 3.03. The van der Waals surface area contributed by atoms with Crippen molar-refractivity contribution in [2.24, 2.45) is 0 Å². The molecule has 1 atom stereocenters. The number of rotatable bonds is 4. The van der Waals surface area contributed by atoms with Crippen molar-refractivity contribution < 1.29 is 14.6 Å². The zero-order valence-electron chi connectivity index (χ0n) is 10.6. The van der Waals surface area contributed by atoms with E-state index in [4.69, 9.17) is 15.6 Å². The van der Waals surface area contributed by atoms with Gasteiger partial charge in [0.25, 0.3) is 0 Å². The molecule has 19 heavy (non-hydrogen) atoms. The molecular weight excluding hydrogens is 264 g/mol. The number of aliphatic carboxylic acids is 1. The number of hydrogen-bond acceptors (Lipinski definition) is 5. The molecule has 0 bridgehead atoms.